The third-order valence-electron chi connectivity index (χ3n) is 2.72. The van der Waals surface area contributed by atoms with Crippen LogP contribution in [0.25, 0.3) is 0 Å². The number of carbonyl (C=O) groups excluding carboxylic acids is 1. The van der Waals surface area contributed by atoms with E-state index in [1.165, 1.54) is 4.90 Å². The first-order chi connectivity index (χ1) is 8.85. The van der Waals surface area contributed by atoms with E-state index in [1.54, 1.807) is 25.2 Å². The summed E-state index contributed by atoms with van der Waals surface area (Å²) in [7, 11) is 1.66. The van der Waals surface area contributed by atoms with Gasteiger partial charge in [-0.25, -0.2) is 0 Å². The molecular formula is C12H15BrClN3O2. The minimum atomic E-state index is -0.193. The van der Waals surface area contributed by atoms with Crippen molar-refractivity contribution in [3.05, 3.63) is 33.3 Å². The van der Waals surface area contributed by atoms with Crippen molar-refractivity contribution >= 4 is 39.3 Å². The van der Waals surface area contributed by atoms with Crippen LogP contribution in [0.3, 0.4) is 0 Å². The summed E-state index contributed by atoms with van der Waals surface area (Å²) < 4.78 is 0.737. The molecule has 0 spiro atoms. The lowest BCUT2D eigenvalue weighted by Gasteiger charge is -2.24. The molecule has 1 atom stereocenters. The normalized spacial score (nSPS) is 13.2. The van der Waals surface area contributed by atoms with Crippen molar-refractivity contribution in [1.82, 2.24) is 4.90 Å². The molecule has 7 heteroatoms. The number of halogens is 2. The number of amides is 1. The van der Waals surface area contributed by atoms with E-state index in [2.05, 4.69) is 21.1 Å². The van der Waals surface area contributed by atoms with E-state index in [4.69, 9.17) is 22.5 Å². The first-order valence-electron chi connectivity index (χ1n) is 5.54. The van der Waals surface area contributed by atoms with Gasteiger partial charge >= 0.3 is 0 Å². The van der Waals surface area contributed by atoms with Gasteiger partial charge in [0, 0.05) is 34.6 Å². The van der Waals surface area contributed by atoms with Gasteiger partial charge in [0.1, 0.15) is 5.84 Å². The predicted molar refractivity (Wildman–Crippen MR) is 78.7 cm³/mol. The van der Waals surface area contributed by atoms with Crippen molar-refractivity contribution in [3.63, 3.8) is 0 Å². The minimum Gasteiger partial charge on any atom is -0.409 e. The van der Waals surface area contributed by atoms with Crippen molar-refractivity contribution in [1.29, 1.82) is 0 Å². The number of rotatable bonds is 4. The predicted octanol–water partition coefficient (Wildman–Crippen LogP) is 2.70. The Morgan fingerprint density at radius 3 is 2.74 bits per heavy atom. The highest BCUT2D eigenvalue weighted by molar-refractivity contribution is 9.10. The Morgan fingerprint density at radius 1 is 1.58 bits per heavy atom. The molecule has 0 radical (unpaired) electrons. The zero-order valence-corrected chi connectivity index (χ0v) is 12.9. The average molecular weight is 349 g/mol. The Hall–Kier alpha value is -1.27. The number of nitrogens with two attached hydrogens (primary N) is 1. The van der Waals surface area contributed by atoms with Gasteiger partial charge in [-0.1, -0.05) is 32.7 Å². The lowest BCUT2D eigenvalue weighted by atomic mass is 10.1. The van der Waals surface area contributed by atoms with Gasteiger partial charge in [0.2, 0.25) is 0 Å². The first kappa shape index (κ1) is 15.8. The number of oxime groups is 1. The zero-order chi connectivity index (χ0) is 14.6. The highest BCUT2D eigenvalue weighted by Gasteiger charge is 2.19. The van der Waals surface area contributed by atoms with Crippen LogP contribution in [0, 0.1) is 0 Å². The summed E-state index contributed by atoms with van der Waals surface area (Å²) >= 11 is 9.20. The van der Waals surface area contributed by atoms with Gasteiger partial charge in [-0.15, -0.1) is 0 Å². The van der Waals surface area contributed by atoms with Gasteiger partial charge in [-0.05, 0) is 25.1 Å². The van der Waals surface area contributed by atoms with E-state index in [0.29, 0.717) is 17.0 Å². The minimum absolute atomic E-state index is 0.0828. The van der Waals surface area contributed by atoms with Crippen molar-refractivity contribution in [2.24, 2.45) is 10.9 Å². The average Bonchev–Trinajstić information content (AvgIpc) is 2.35. The van der Waals surface area contributed by atoms with Crippen molar-refractivity contribution in [3.8, 4) is 0 Å². The molecule has 104 valence electrons. The van der Waals surface area contributed by atoms with Gasteiger partial charge in [-0.3, -0.25) is 4.79 Å². The molecule has 0 aliphatic carbocycles. The Morgan fingerprint density at radius 2 is 2.21 bits per heavy atom. The number of hydrogen-bond donors (Lipinski definition) is 2. The van der Waals surface area contributed by atoms with Gasteiger partial charge in [0.15, 0.2) is 0 Å². The summed E-state index contributed by atoms with van der Waals surface area (Å²) in [5.41, 5.74) is 5.91. The van der Waals surface area contributed by atoms with Gasteiger partial charge in [0.25, 0.3) is 5.91 Å². The van der Waals surface area contributed by atoms with Crippen LogP contribution in [0.2, 0.25) is 5.02 Å². The Kier molecular flexibility index (Phi) is 5.62. The molecule has 1 rings (SSSR count). The molecule has 0 aliphatic rings. The fraction of sp³-hybridized carbons (Fsp3) is 0.333. The maximum atomic E-state index is 12.3. The van der Waals surface area contributed by atoms with Crippen LogP contribution >= 0.6 is 27.5 Å². The highest BCUT2D eigenvalue weighted by Crippen LogP contribution is 2.21. The second kappa shape index (κ2) is 6.77. The van der Waals surface area contributed by atoms with E-state index >= 15 is 0 Å². The Labute approximate surface area is 125 Å². The lowest BCUT2D eigenvalue weighted by molar-refractivity contribution is 0.0747. The summed E-state index contributed by atoms with van der Waals surface area (Å²) in [6, 6.07) is 4.81. The van der Waals surface area contributed by atoms with E-state index in [1.807, 2.05) is 6.92 Å². The van der Waals surface area contributed by atoms with Crippen LogP contribution in [0.1, 0.15) is 23.7 Å². The second-order valence-electron chi connectivity index (χ2n) is 4.22. The van der Waals surface area contributed by atoms with E-state index in [9.17, 15) is 4.79 Å². The van der Waals surface area contributed by atoms with Crippen molar-refractivity contribution in [2.75, 3.05) is 7.05 Å². The number of amidine groups is 1. The van der Waals surface area contributed by atoms with Crippen LogP contribution < -0.4 is 5.73 Å². The Balaban J connectivity index is 2.87. The van der Waals surface area contributed by atoms with Crippen LogP contribution in [0.5, 0.6) is 0 Å². The molecule has 1 unspecified atom stereocenters. The molecule has 3 N–H and O–H groups in total. The molecule has 1 amide bonds. The van der Waals surface area contributed by atoms with E-state index in [-0.39, 0.29) is 17.8 Å². The van der Waals surface area contributed by atoms with Crippen molar-refractivity contribution in [2.45, 2.75) is 19.4 Å². The molecule has 0 saturated heterocycles. The SMILES string of the molecule is CC(C/C(N)=N/O)N(C)C(=O)c1cc(Cl)cc(Br)c1. The van der Waals surface area contributed by atoms with Crippen LogP contribution in [0.4, 0.5) is 0 Å². The highest BCUT2D eigenvalue weighted by atomic mass is 79.9. The summed E-state index contributed by atoms with van der Waals surface area (Å²) in [4.78, 5) is 13.8. The summed E-state index contributed by atoms with van der Waals surface area (Å²) in [6.07, 6.45) is 0.292. The number of hydrogen-bond acceptors (Lipinski definition) is 3. The van der Waals surface area contributed by atoms with Crippen LogP contribution in [0.15, 0.2) is 27.8 Å². The fourth-order valence-electron chi connectivity index (χ4n) is 1.56. The summed E-state index contributed by atoms with van der Waals surface area (Å²) in [6.45, 7) is 1.82. The van der Waals surface area contributed by atoms with Crippen LogP contribution in [-0.4, -0.2) is 34.9 Å². The molecule has 5 nitrogen and oxygen atoms in total. The van der Waals surface area contributed by atoms with Gasteiger partial charge < -0.3 is 15.8 Å². The van der Waals surface area contributed by atoms with E-state index < -0.39 is 0 Å². The standard InChI is InChI=1S/C12H15BrClN3O2/c1-7(3-11(15)16-19)17(2)12(18)8-4-9(13)6-10(14)5-8/h4-7,19H,3H2,1-2H3,(H2,15,16). The molecule has 0 aliphatic heterocycles. The molecule has 0 heterocycles. The summed E-state index contributed by atoms with van der Waals surface area (Å²) in [5.74, 6) is -0.0964. The molecule has 0 aromatic heterocycles. The molecule has 0 fully saturated rings. The second-order valence-corrected chi connectivity index (χ2v) is 5.57. The quantitative estimate of drug-likeness (QED) is 0.380. The molecule has 19 heavy (non-hydrogen) atoms. The molecule has 0 bridgehead atoms. The maximum Gasteiger partial charge on any atom is 0.253 e. The maximum absolute atomic E-state index is 12.3. The molecular weight excluding hydrogens is 334 g/mol. The molecule has 1 aromatic rings. The first-order valence-corrected chi connectivity index (χ1v) is 6.72. The number of nitrogens with zero attached hydrogens (tertiary/aromatic N) is 2. The third kappa shape index (κ3) is 4.40. The smallest absolute Gasteiger partial charge is 0.253 e. The fourth-order valence-corrected chi connectivity index (χ4v) is 2.42. The molecule has 0 saturated carbocycles. The van der Waals surface area contributed by atoms with E-state index in [0.717, 1.165) is 4.47 Å². The summed E-state index contributed by atoms with van der Waals surface area (Å²) in [5, 5.41) is 11.9. The zero-order valence-electron chi connectivity index (χ0n) is 10.6. The number of carbonyl (C=O) groups is 1. The lowest BCUT2D eigenvalue weighted by Crippen LogP contribution is -2.37. The largest absolute Gasteiger partial charge is 0.409 e. The topological polar surface area (TPSA) is 78.9 Å². The number of benzene rings is 1. The van der Waals surface area contributed by atoms with Gasteiger partial charge in [0.05, 0.1) is 0 Å². The monoisotopic (exact) mass is 347 g/mol. The molecule has 1 aromatic carbocycles. The third-order valence-corrected chi connectivity index (χ3v) is 3.40. The van der Waals surface area contributed by atoms with Crippen molar-refractivity contribution < 1.29 is 10.0 Å². The van der Waals surface area contributed by atoms with Crippen LogP contribution in [-0.2, 0) is 0 Å². The Bertz CT molecular complexity index is 487. The van der Waals surface area contributed by atoms with Gasteiger partial charge in [-0.2, -0.15) is 0 Å².